The molecule has 15 heavy (non-hydrogen) atoms. The summed E-state index contributed by atoms with van der Waals surface area (Å²) in [5, 5.41) is 3.16. The molecule has 0 saturated heterocycles. The average molecular weight is 212 g/mol. The molecule has 0 aliphatic heterocycles. The van der Waals surface area contributed by atoms with Crippen molar-refractivity contribution in [2.24, 2.45) is 17.6 Å². The summed E-state index contributed by atoms with van der Waals surface area (Å²) >= 11 is 0. The Morgan fingerprint density at radius 1 is 1.33 bits per heavy atom. The second kappa shape index (κ2) is 4.97. The minimum Gasteiger partial charge on any atom is -0.349 e. The van der Waals surface area contributed by atoms with Crippen molar-refractivity contribution in [3.05, 3.63) is 0 Å². The van der Waals surface area contributed by atoms with Crippen LogP contribution in [0.25, 0.3) is 0 Å². The van der Waals surface area contributed by atoms with Crippen molar-refractivity contribution in [1.29, 1.82) is 0 Å². The highest BCUT2D eigenvalue weighted by atomic mass is 16.2. The Morgan fingerprint density at radius 2 is 1.87 bits per heavy atom. The van der Waals surface area contributed by atoms with Crippen molar-refractivity contribution in [3.8, 4) is 0 Å². The maximum Gasteiger partial charge on any atom is 0.223 e. The summed E-state index contributed by atoms with van der Waals surface area (Å²) in [5.41, 5.74) is 5.68. The number of nitrogens with two attached hydrogens (primary N) is 1. The Balaban J connectivity index is 2.55. The zero-order valence-corrected chi connectivity index (χ0v) is 10.2. The molecule has 0 aromatic carbocycles. The highest BCUT2D eigenvalue weighted by molar-refractivity contribution is 5.79. The number of hydrogen-bond acceptors (Lipinski definition) is 2. The Kier molecular flexibility index (Phi) is 4.14. The van der Waals surface area contributed by atoms with Gasteiger partial charge < -0.3 is 11.1 Å². The van der Waals surface area contributed by atoms with Crippen LogP contribution in [0.15, 0.2) is 0 Å². The van der Waals surface area contributed by atoms with Gasteiger partial charge in [-0.15, -0.1) is 0 Å². The molecule has 1 rings (SSSR count). The van der Waals surface area contributed by atoms with Crippen molar-refractivity contribution in [1.82, 2.24) is 5.32 Å². The molecule has 3 heteroatoms. The standard InChI is InChI=1S/C12H24N2O/c1-9(2)10(3)11(15)14-12(8-13)6-4-5-7-12/h9-10H,4-8,13H2,1-3H3,(H,14,15). The minimum atomic E-state index is -0.0970. The number of rotatable bonds is 4. The van der Waals surface area contributed by atoms with Gasteiger partial charge in [0.25, 0.3) is 0 Å². The van der Waals surface area contributed by atoms with Crippen molar-refractivity contribution in [3.63, 3.8) is 0 Å². The molecule has 1 saturated carbocycles. The van der Waals surface area contributed by atoms with E-state index in [4.69, 9.17) is 5.73 Å². The third-order valence-electron chi connectivity index (χ3n) is 3.75. The van der Waals surface area contributed by atoms with Crippen LogP contribution in [0.5, 0.6) is 0 Å². The number of carbonyl (C=O) groups is 1. The largest absolute Gasteiger partial charge is 0.349 e. The smallest absolute Gasteiger partial charge is 0.223 e. The Bertz CT molecular complexity index is 220. The molecule has 0 aromatic heterocycles. The zero-order valence-electron chi connectivity index (χ0n) is 10.2. The first-order chi connectivity index (χ1) is 7.01. The summed E-state index contributed by atoms with van der Waals surface area (Å²) in [5.74, 6) is 0.632. The lowest BCUT2D eigenvalue weighted by Crippen LogP contribution is -2.53. The van der Waals surface area contributed by atoms with Crippen LogP contribution in [0.4, 0.5) is 0 Å². The van der Waals surface area contributed by atoms with Crippen LogP contribution in [0.1, 0.15) is 46.5 Å². The van der Waals surface area contributed by atoms with Crippen LogP contribution in [-0.4, -0.2) is 18.0 Å². The number of nitrogens with one attached hydrogen (secondary N) is 1. The molecule has 0 radical (unpaired) electrons. The van der Waals surface area contributed by atoms with Crippen LogP contribution in [0, 0.1) is 11.8 Å². The molecule has 1 unspecified atom stereocenters. The van der Waals surface area contributed by atoms with Gasteiger partial charge in [0.1, 0.15) is 0 Å². The second-order valence-electron chi connectivity index (χ2n) is 5.21. The number of amides is 1. The number of carbonyl (C=O) groups excluding carboxylic acids is 1. The molecule has 1 fully saturated rings. The van der Waals surface area contributed by atoms with Gasteiger partial charge in [-0.3, -0.25) is 4.79 Å². The van der Waals surface area contributed by atoms with Gasteiger partial charge in [-0.1, -0.05) is 33.6 Å². The molecule has 3 nitrogen and oxygen atoms in total. The molecule has 1 aliphatic rings. The highest BCUT2D eigenvalue weighted by Gasteiger charge is 2.35. The second-order valence-corrected chi connectivity index (χ2v) is 5.21. The van der Waals surface area contributed by atoms with Crippen molar-refractivity contribution in [2.45, 2.75) is 52.0 Å². The topological polar surface area (TPSA) is 55.1 Å². The third kappa shape index (κ3) is 2.94. The fraction of sp³-hybridized carbons (Fsp3) is 0.917. The molecule has 3 N–H and O–H groups in total. The van der Waals surface area contributed by atoms with Gasteiger partial charge in [-0.2, -0.15) is 0 Å². The summed E-state index contributed by atoms with van der Waals surface area (Å²) in [6.45, 7) is 6.71. The monoisotopic (exact) mass is 212 g/mol. The van der Waals surface area contributed by atoms with E-state index in [9.17, 15) is 4.79 Å². The van der Waals surface area contributed by atoms with E-state index in [0.29, 0.717) is 12.5 Å². The van der Waals surface area contributed by atoms with Gasteiger partial charge in [0.15, 0.2) is 0 Å². The molecule has 0 aromatic rings. The Morgan fingerprint density at radius 3 is 2.27 bits per heavy atom. The van der Waals surface area contributed by atoms with Gasteiger partial charge in [0, 0.05) is 12.5 Å². The summed E-state index contributed by atoms with van der Waals surface area (Å²) in [6.07, 6.45) is 4.46. The maximum absolute atomic E-state index is 11.9. The fourth-order valence-electron chi connectivity index (χ4n) is 2.11. The average Bonchev–Trinajstić information content (AvgIpc) is 2.65. The molecule has 88 valence electrons. The van der Waals surface area contributed by atoms with E-state index in [1.807, 2.05) is 6.92 Å². The van der Waals surface area contributed by atoms with E-state index in [1.165, 1.54) is 12.8 Å². The first-order valence-electron chi connectivity index (χ1n) is 6.03. The Labute approximate surface area is 92.8 Å². The highest BCUT2D eigenvalue weighted by Crippen LogP contribution is 2.29. The number of hydrogen-bond donors (Lipinski definition) is 2. The molecular weight excluding hydrogens is 188 g/mol. The van der Waals surface area contributed by atoms with Gasteiger partial charge in [-0.25, -0.2) is 0 Å². The first-order valence-corrected chi connectivity index (χ1v) is 6.03. The fourth-order valence-corrected chi connectivity index (χ4v) is 2.11. The van der Waals surface area contributed by atoms with E-state index in [2.05, 4.69) is 19.2 Å². The van der Waals surface area contributed by atoms with Crippen LogP contribution < -0.4 is 11.1 Å². The van der Waals surface area contributed by atoms with E-state index in [1.54, 1.807) is 0 Å². The molecule has 1 amide bonds. The maximum atomic E-state index is 11.9. The van der Waals surface area contributed by atoms with E-state index in [-0.39, 0.29) is 17.4 Å². The lowest BCUT2D eigenvalue weighted by atomic mass is 9.93. The lowest BCUT2D eigenvalue weighted by Gasteiger charge is -2.31. The predicted molar refractivity (Wildman–Crippen MR) is 62.4 cm³/mol. The summed E-state index contributed by atoms with van der Waals surface area (Å²) in [4.78, 5) is 11.9. The Hall–Kier alpha value is -0.570. The molecular formula is C12H24N2O. The lowest BCUT2D eigenvalue weighted by molar-refractivity contribution is -0.127. The van der Waals surface area contributed by atoms with Crippen molar-refractivity contribution >= 4 is 5.91 Å². The summed E-state index contributed by atoms with van der Waals surface area (Å²) < 4.78 is 0. The van der Waals surface area contributed by atoms with Gasteiger partial charge >= 0.3 is 0 Å². The SMILES string of the molecule is CC(C)C(C)C(=O)NC1(CN)CCCC1. The molecule has 1 aliphatic carbocycles. The normalized spacial score (nSPS) is 21.7. The van der Waals surface area contributed by atoms with Crippen LogP contribution in [0.3, 0.4) is 0 Å². The van der Waals surface area contributed by atoms with E-state index < -0.39 is 0 Å². The molecule has 1 atom stereocenters. The first kappa shape index (κ1) is 12.5. The summed E-state index contributed by atoms with van der Waals surface area (Å²) in [7, 11) is 0. The summed E-state index contributed by atoms with van der Waals surface area (Å²) in [6, 6.07) is 0. The van der Waals surface area contributed by atoms with Crippen LogP contribution in [-0.2, 0) is 4.79 Å². The van der Waals surface area contributed by atoms with Crippen molar-refractivity contribution in [2.75, 3.05) is 6.54 Å². The molecule has 0 bridgehead atoms. The molecule has 0 spiro atoms. The van der Waals surface area contributed by atoms with E-state index >= 15 is 0 Å². The zero-order chi connectivity index (χ0) is 11.5. The van der Waals surface area contributed by atoms with E-state index in [0.717, 1.165) is 12.8 Å². The van der Waals surface area contributed by atoms with Crippen LogP contribution in [0.2, 0.25) is 0 Å². The van der Waals surface area contributed by atoms with Gasteiger partial charge in [0.2, 0.25) is 5.91 Å². The van der Waals surface area contributed by atoms with Gasteiger partial charge in [-0.05, 0) is 18.8 Å². The predicted octanol–water partition coefficient (Wildman–Crippen LogP) is 1.67. The minimum absolute atomic E-state index is 0.0778. The molecule has 0 heterocycles. The van der Waals surface area contributed by atoms with Crippen LogP contribution >= 0.6 is 0 Å². The third-order valence-corrected chi connectivity index (χ3v) is 3.75. The van der Waals surface area contributed by atoms with Gasteiger partial charge in [0.05, 0.1) is 5.54 Å². The quantitative estimate of drug-likeness (QED) is 0.744. The van der Waals surface area contributed by atoms with Crippen molar-refractivity contribution < 1.29 is 4.79 Å².